The lowest BCUT2D eigenvalue weighted by Crippen LogP contribution is -2.28. The van der Waals surface area contributed by atoms with E-state index >= 15 is 0 Å². The first-order chi connectivity index (χ1) is 9.10. The van der Waals surface area contributed by atoms with E-state index in [-0.39, 0.29) is 0 Å². The monoisotopic (exact) mass is 325 g/mol. The molecule has 1 aromatic rings. The first-order valence-corrected chi connectivity index (χ1v) is 7.64. The molecule has 0 amide bonds. The highest BCUT2D eigenvalue weighted by Gasteiger charge is 2.24. The van der Waals surface area contributed by atoms with Crippen LogP contribution >= 0.6 is 15.9 Å². The zero-order chi connectivity index (χ0) is 13.8. The van der Waals surface area contributed by atoms with Crippen LogP contribution in [-0.2, 0) is 6.54 Å². The van der Waals surface area contributed by atoms with Gasteiger partial charge in [-0.25, -0.2) is 4.79 Å². The molecule has 1 unspecified atom stereocenters. The average Bonchev–Trinajstić information content (AvgIpc) is 3.19. The summed E-state index contributed by atoms with van der Waals surface area (Å²) in [6.45, 7) is 2.99. The second-order valence-corrected chi connectivity index (χ2v) is 6.13. The Labute approximate surface area is 122 Å². The molecule has 4 heteroatoms. The Morgan fingerprint density at radius 1 is 1.53 bits per heavy atom. The Morgan fingerprint density at radius 2 is 2.26 bits per heavy atom. The van der Waals surface area contributed by atoms with Gasteiger partial charge in [-0.3, -0.25) is 0 Å². The summed E-state index contributed by atoms with van der Waals surface area (Å²) in [6.07, 6.45) is 5.17. The molecule has 0 saturated heterocycles. The second-order valence-electron chi connectivity index (χ2n) is 5.28. The Bertz CT molecular complexity index is 457. The first-order valence-electron chi connectivity index (χ1n) is 6.85. The Balaban J connectivity index is 1.92. The fourth-order valence-electron chi connectivity index (χ4n) is 2.23. The Morgan fingerprint density at radius 3 is 2.79 bits per heavy atom. The molecule has 104 valence electrons. The van der Waals surface area contributed by atoms with Gasteiger partial charge in [-0.1, -0.05) is 41.8 Å². The van der Waals surface area contributed by atoms with Crippen molar-refractivity contribution >= 4 is 21.9 Å². The van der Waals surface area contributed by atoms with Crippen molar-refractivity contribution in [2.75, 3.05) is 0 Å². The summed E-state index contributed by atoms with van der Waals surface area (Å²) < 4.78 is 0.862. The van der Waals surface area contributed by atoms with Crippen LogP contribution in [0, 0.1) is 5.92 Å². The van der Waals surface area contributed by atoms with Crippen molar-refractivity contribution in [1.82, 2.24) is 5.32 Å². The van der Waals surface area contributed by atoms with Crippen LogP contribution in [0.15, 0.2) is 22.7 Å². The summed E-state index contributed by atoms with van der Waals surface area (Å²) in [4.78, 5) is 10.9. The van der Waals surface area contributed by atoms with Gasteiger partial charge in [-0.05, 0) is 36.5 Å². The van der Waals surface area contributed by atoms with Crippen molar-refractivity contribution in [2.45, 2.75) is 45.2 Å². The minimum absolute atomic E-state index is 0.320. The van der Waals surface area contributed by atoms with E-state index in [1.807, 2.05) is 6.07 Å². The summed E-state index contributed by atoms with van der Waals surface area (Å²) >= 11 is 3.45. The minimum atomic E-state index is -0.889. The van der Waals surface area contributed by atoms with E-state index in [1.54, 1.807) is 12.1 Å². The quantitative estimate of drug-likeness (QED) is 0.801. The standard InChI is InChI=1S/C15H20BrNO2/c1-2-13(7-10-3-4-10)17-9-12-6-5-11(15(18)19)8-14(12)16/h5-6,8,10,13,17H,2-4,7,9H2,1H3,(H,18,19). The van der Waals surface area contributed by atoms with Gasteiger partial charge in [0.25, 0.3) is 0 Å². The SMILES string of the molecule is CCC(CC1CC1)NCc1ccc(C(=O)O)cc1Br. The molecule has 1 fully saturated rings. The number of rotatable bonds is 7. The van der Waals surface area contributed by atoms with E-state index < -0.39 is 5.97 Å². The highest BCUT2D eigenvalue weighted by Crippen LogP contribution is 2.34. The molecule has 1 aliphatic carbocycles. The molecule has 1 saturated carbocycles. The van der Waals surface area contributed by atoms with Gasteiger partial charge < -0.3 is 10.4 Å². The van der Waals surface area contributed by atoms with Gasteiger partial charge in [0.15, 0.2) is 0 Å². The lowest BCUT2D eigenvalue weighted by Gasteiger charge is -2.17. The zero-order valence-corrected chi connectivity index (χ0v) is 12.7. The van der Waals surface area contributed by atoms with Crippen molar-refractivity contribution in [2.24, 2.45) is 5.92 Å². The third-order valence-corrected chi connectivity index (χ3v) is 4.43. The number of hydrogen-bond acceptors (Lipinski definition) is 2. The molecular weight excluding hydrogens is 306 g/mol. The lowest BCUT2D eigenvalue weighted by molar-refractivity contribution is 0.0697. The maximum absolute atomic E-state index is 10.9. The van der Waals surface area contributed by atoms with Crippen LogP contribution in [-0.4, -0.2) is 17.1 Å². The maximum Gasteiger partial charge on any atom is 0.335 e. The van der Waals surface area contributed by atoms with E-state index in [0.717, 1.165) is 28.9 Å². The summed E-state index contributed by atoms with van der Waals surface area (Å²) in [5, 5.41) is 12.5. The fraction of sp³-hybridized carbons (Fsp3) is 0.533. The molecule has 0 heterocycles. The number of carboxylic acids is 1. The van der Waals surface area contributed by atoms with Gasteiger partial charge in [0.2, 0.25) is 0 Å². The normalized spacial score (nSPS) is 16.3. The van der Waals surface area contributed by atoms with Gasteiger partial charge in [0.05, 0.1) is 5.56 Å². The van der Waals surface area contributed by atoms with Crippen LogP contribution in [0.25, 0.3) is 0 Å². The number of carboxylic acid groups (broad SMARTS) is 1. The van der Waals surface area contributed by atoms with Crippen LogP contribution < -0.4 is 5.32 Å². The minimum Gasteiger partial charge on any atom is -0.478 e. The van der Waals surface area contributed by atoms with Crippen LogP contribution in [0.5, 0.6) is 0 Å². The highest BCUT2D eigenvalue weighted by atomic mass is 79.9. The number of hydrogen-bond donors (Lipinski definition) is 2. The second kappa shape index (κ2) is 6.53. The zero-order valence-electron chi connectivity index (χ0n) is 11.2. The number of halogens is 1. The molecular formula is C15H20BrNO2. The van der Waals surface area contributed by atoms with Crippen molar-refractivity contribution in [3.63, 3.8) is 0 Å². The van der Waals surface area contributed by atoms with Gasteiger partial charge in [0, 0.05) is 17.1 Å². The van der Waals surface area contributed by atoms with Gasteiger partial charge in [-0.2, -0.15) is 0 Å². The van der Waals surface area contributed by atoms with E-state index in [9.17, 15) is 4.79 Å². The van der Waals surface area contributed by atoms with Crippen molar-refractivity contribution in [3.8, 4) is 0 Å². The summed E-state index contributed by atoms with van der Waals surface area (Å²) in [5.74, 6) is 0.0376. The van der Waals surface area contributed by atoms with Crippen LogP contribution in [0.4, 0.5) is 0 Å². The highest BCUT2D eigenvalue weighted by molar-refractivity contribution is 9.10. The van der Waals surface area contributed by atoms with Crippen LogP contribution in [0.3, 0.4) is 0 Å². The molecule has 0 aromatic heterocycles. The summed E-state index contributed by atoms with van der Waals surface area (Å²) in [5.41, 5.74) is 1.43. The topological polar surface area (TPSA) is 49.3 Å². The number of nitrogens with one attached hydrogen (secondary N) is 1. The molecule has 1 aliphatic rings. The summed E-state index contributed by atoms with van der Waals surface area (Å²) in [7, 11) is 0. The Hall–Kier alpha value is -0.870. The van der Waals surface area contributed by atoms with Gasteiger partial charge in [0.1, 0.15) is 0 Å². The maximum atomic E-state index is 10.9. The van der Waals surface area contributed by atoms with Gasteiger partial charge in [-0.15, -0.1) is 0 Å². The number of aromatic carboxylic acids is 1. The van der Waals surface area contributed by atoms with Crippen LogP contribution in [0.1, 0.15) is 48.5 Å². The van der Waals surface area contributed by atoms with E-state index in [2.05, 4.69) is 28.2 Å². The lowest BCUT2D eigenvalue weighted by atomic mass is 10.1. The predicted octanol–water partition coefficient (Wildman–Crippen LogP) is 3.82. The van der Waals surface area contributed by atoms with Crippen molar-refractivity contribution in [1.29, 1.82) is 0 Å². The third kappa shape index (κ3) is 4.32. The molecule has 0 spiro atoms. The molecule has 3 nitrogen and oxygen atoms in total. The smallest absolute Gasteiger partial charge is 0.335 e. The summed E-state index contributed by atoms with van der Waals surface area (Å²) in [6, 6.07) is 5.77. The number of benzene rings is 1. The van der Waals surface area contributed by atoms with Gasteiger partial charge >= 0.3 is 5.97 Å². The van der Waals surface area contributed by atoms with E-state index in [4.69, 9.17) is 5.11 Å². The third-order valence-electron chi connectivity index (χ3n) is 3.69. The van der Waals surface area contributed by atoms with Crippen molar-refractivity contribution < 1.29 is 9.90 Å². The molecule has 0 bridgehead atoms. The Kier molecular flexibility index (Phi) is 4.99. The van der Waals surface area contributed by atoms with Crippen LogP contribution in [0.2, 0.25) is 0 Å². The molecule has 0 radical (unpaired) electrons. The van der Waals surface area contributed by atoms with E-state index in [0.29, 0.717) is 11.6 Å². The predicted molar refractivity (Wildman–Crippen MR) is 79.4 cm³/mol. The molecule has 1 atom stereocenters. The molecule has 2 N–H and O–H groups in total. The number of carbonyl (C=O) groups is 1. The molecule has 1 aromatic carbocycles. The van der Waals surface area contributed by atoms with Crippen molar-refractivity contribution in [3.05, 3.63) is 33.8 Å². The molecule has 2 rings (SSSR count). The molecule has 0 aliphatic heterocycles. The molecule has 19 heavy (non-hydrogen) atoms. The fourth-order valence-corrected chi connectivity index (χ4v) is 2.75. The first kappa shape index (κ1) is 14.5. The van der Waals surface area contributed by atoms with E-state index in [1.165, 1.54) is 19.3 Å². The average molecular weight is 326 g/mol. The largest absolute Gasteiger partial charge is 0.478 e.